The first-order valence-corrected chi connectivity index (χ1v) is 9.88. The van der Waals surface area contributed by atoms with Crippen molar-refractivity contribution in [2.75, 3.05) is 11.9 Å². The van der Waals surface area contributed by atoms with Gasteiger partial charge in [-0.15, -0.1) is 0 Å². The molecule has 1 N–H and O–H groups in total. The quantitative estimate of drug-likeness (QED) is 0.458. The number of aromatic nitrogens is 4. The summed E-state index contributed by atoms with van der Waals surface area (Å²) < 4.78 is 38.0. The average molecular weight is 472 g/mol. The van der Waals surface area contributed by atoms with Crippen LogP contribution in [0.3, 0.4) is 0 Å². The number of anilines is 1. The van der Waals surface area contributed by atoms with Crippen LogP contribution in [0, 0.1) is 0 Å². The summed E-state index contributed by atoms with van der Waals surface area (Å²) in [6.07, 6.45) is 2.66. The number of carbonyl (C=O) groups excluding carboxylic acids is 1. The van der Waals surface area contributed by atoms with Crippen molar-refractivity contribution in [1.82, 2.24) is 20.2 Å². The number of nitrogens with one attached hydrogen (secondary N) is 1. The Hall–Kier alpha value is -2.56. The van der Waals surface area contributed by atoms with Crippen molar-refractivity contribution in [3.05, 3.63) is 39.5 Å². The molecule has 3 rings (SSSR count). The fourth-order valence-corrected chi connectivity index (χ4v) is 3.47. The molecule has 0 bridgehead atoms. The van der Waals surface area contributed by atoms with Crippen LogP contribution in [0.1, 0.15) is 44.7 Å². The Morgan fingerprint density at radius 1 is 1.38 bits per heavy atom. The lowest BCUT2D eigenvalue weighted by molar-refractivity contribution is -0.139. The van der Waals surface area contributed by atoms with Crippen molar-refractivity contribution in [3.8, 4) is 5.75 Å². The van der Waals surface area contributed by atoms with Crippen LogP contribution >= 0.6 is 15.9 Å². The van der Waals surface area contributed by atoms with Gasteiger partial charge in [0.2, 0.25) is 5.95 Å². The van der Waals surface area contributed by atoms with E-state index in [1.54, 1.807) is 19.1 Å². The van der Waals surface area contributed by atoms with E-state index < -0.39 is 18.6 Å². The molecule has 0 amide bonds. The third-order valence-electron chi connectivity index (χ3n) is 4.40. The summed E-state index contributed by atoms with van der Waals surface area (Å²) in [6, 6.07) is 3.67. The largest absolute Gasteiger partial charge is 0.462 e. The van der Waals surface area contributed by atoms with E-state index in [-0.39, 0.29) is 23.9 Å². The molecule has 2 aromatic rings. The molecule has 0 fully saturated rings. The zero-order chi connectivity index (χ0) is 21.0. The van der Waals surface area contributed by atoms with Gasteiger partial charge in [0, 0.05) is 15.7 Å². The maximum Gasteiger partial charge on any atom is 0.387 e. The van der Waals surface area contributed by atoms with Gasteiger partial charge in [0.15, 0.2) is 0 Å². The van der Waals surface area contributed by atoms with Crippen molar-refractivity contribution in [2.24, 2.45) is 0 Å². The number of unbranched alkanes of at least 4 members (excludes halogenated alkanes) is 2. The van der Waals surface area contributed by atoms with Gasteiger partial charge >= 0.3 is 12.6 Å². The standard InChI is InChI=1S/C18H20BrF2N5O3/c1-3-4-5-8-28-16(27)14-10(2)22-18-23-24-25-26(18)15(14)12-9-11(19)6-7-13(12)29-17(20)21/h6-7,9,15,17H,3-5,8H2,1-2H3,(H,22,23,25)/t15-/m1/s1. The van der Waals surface area contributed by atoms with Gasteiger partial charge in [-0.1, -0.05) is 40.8 Å². The molecular formula is C18H20BrF2N5O3. The minimum atomic E-state index is -3.03. The van der Waals surface area contributed by atoms with E-state index in [2.05, 4.69) is 36.8 Å². The van der Waals surface area contributed by atoms with Crippen LogP contribution in [0.25, 0.3) is 0 Å². The summed E-state index contributed by atoms with van der Waals surface area (Å²) >= 11 is 3.34. The molecule has 1 atom stereocenters. The molecule has 1 aromatic heterocycles. The maximum absolute atomic E-state index is 13.0. The highest BCUT2D eigenvalue weighted by atomic mass is 79.9. The number of halogens is 3. The Labute approximate surface area is 174 Å². The van der Waals surface area contributed by atoms with Crippen LogP contribution in [0.4, 0.5) is 14.7 Å². The molecule has 29 heavy (non-hydrogen) atoms. The van der Waals surface area contributed by atoms with Crippen LogP contribution in [-0.2, 0) is 9.53 Å². The van der Waals surface area contributed by atoms with E-state index >= 15 is 0 Å². The Morgan fingerprint density at radius 3 is 2.90 bits per heavy atom. The molecule has 0 unspecified atom stereocenters. The van der Waals surface area contributed by atoms with Gasteiger partial charge in [0.25, 0.3) is 0 Å². The summed E-state index contributed by atoms with van der Waals surface area (Å²) in [5, 5.41) is 14.4. The van der Waals surface area contributed by atoms with E-state index in [1.165, 1.54) is 10.7 Å². The van der Waals surface area contributed by atoms with Crippen molar-refractivity contribution < 1.29 is 23.0 Å². The molecule has 1 aliphatic rings. The summed E-state index contributed by atoms with van der Waals surface area (Å²) in [6.45, 7) is 0.961. The fraction of sp³-hybridized carbons (Fsp3) is 0.444. The van der Waals surface area contributed by atoms with Gasteiger partial charge in [0.05, 0.1) is 12.2 Å². The SMILES string of the molecule is CCCCCOC(=O)C1=C(C)Nc2nnnn2[C@@H]1c1cc(Br)ccc1OC(F)F. The highest BCUT2D eigenvalue weighted by molar-refractivity contribution is 9.10. The molecule has 0 spiro atoms. The highest BCUT2D eigenvalue weighted by Gasteiger charge is 2.37. The molecule has 8 nitrogen and oxygen atoms in total. The molecule has 0 saturated heterocycles. The van der Waals surface area contributed by atoms with E-state index in [4.69, 9.17) is 9.47 Å². The second kappa shape index (κ2) is 9.29. The zero-order valence-corrected chi connectivity index (χ0v) is 17.4. The lowest BCUT2D eigenvalue weighted by Gasteiger charge is -2.28. The number of allylic oxidation sites excluding steroid dienone is 1. The molecule has 1 aliphatic heterocycles. The number of alkyl halides is 2. The molecular weight excluding hydrogens is 452 g/mol. The molecule has 1 aromatic carbocycles. The third-order valence-corrected chi connectivity index (χ3v) is 4.89. The first-order chi connectivity index (χ1) is 13.9. The monoisotopic (exact) mass is 471 g/mol. The van der Waals surface area contributed by atoms with E-state index in [1.807, 2.05) is 6.92 Å². The lowest BCUT2D eigenvalue weighted by Crippen LogP contribution is -2.30. The first-order valence-electron chi connectivity index (χ1n) is 9.09. The third kappa shape index (κ3) is 4.72. The number of hydrogen-bond acceptors (Lipinski definition) is 7. The van der Waals surface area contributed by atoms with Gasteiger partial charge in [-0.2, -0.15) is 13.5 Å². The molecule has 2 heterocycles. The Bertz CT molecular complexity index is 919. The van der Waals surface area contributed by atoms with E-state index in [0.717, 1.165) is 19.3 Å². The van der Waals surface area contributed by atoms with Crippen LogP contribution in [-0.4, -0.2) is 39.4 Å². The van der Waals surface area contributed by atoms with Gasteiger partial charge in [0.1, 0.15) is 11.8 Å². The topological polar surface area (TPSA) is 91.2 Å². The van der Waals surface area contributed by atoms with Crippen LogP contribution in [0.5, 0.6) is 5.75 Å². The second-order valence-electron chi connectivity index (χ2n) is 6.42. The minimum Gasteiger partial charge on any atom is -0.462 e. The van der Waals surface area contributed by atoms with E-state index in [0.29, 0.717) is 15.7 Å². The number of ether oxygens (including phenoxy) is 2. The number of tetrazole rings is 1. The van der Waals surface area contributed by atoms with Crippen molar-refractivity contribution >= 4 is 27.8 Å². The molecule has 0 radical (unpaired) electrons. The second-order valence-corrected chi connectivity index (χ2v) is 7.33. The Kier molecular flexibility index (Phi) is 6.78. The smallest absolute Gasteiger partial charge is 0.387 e. The minimum absolute atomic E-state index is 0.0827. The van der Waals surface area contributed by atoms with Gasteiger partial charge in [-0.3, -0.25) is 0 Å². The van der Waals surface area contributed by atoms with Crippen LogP contribution < -0.4 is 10.1 Å². The normalized spacial score (nSPS) is 15.9. The Balaban J connectivity index is 2.04. The predicted octanol–water partition coefficient (Wildman–Crippen LogP) is 4.06. The number of esters is 1. The van der Waals surface area contributed by atoms with Crippen molar-refractivity contribution in [3.63, 3.8) is 0 Å². The zero-order valence-electron chi connectivity index (χ0n) is 15.9. The number of benzene rings is 1. The highest BCUT2D eigenvalue weighted by Crippen LogP contribution is 2.40. The van der Waals surface area contributed by atoms with Crippen molar-refractivity contribution in [1.29, 1.82) is 0 Å². The predicted molar refractivity (Wildman–Crippen MR) is 104 cm³/mol. The van der Waals surface area contributed by atoms with Crippen LogP contribution in [0.2, 0.25) is 0 Å². The number of carbonyl (C=O) groups is 1. The average Bonchev–Trinajstić information content (AvgIpc) is 3.13. The molecule has 0 aliphatic carbocycles. The number of hydrogen-bond donors (Lipinski definition) is 1. The lowest BCUT2D eigenvalue weighted by atomic mass is 9.95. The molecule has 0 saturated carbocycles. The van der Waals surface area contributed by atoms with E-state index in [9.17, 15) is 13.6 Å². The van der Waals surface area contributed by atoms with Crippen LogP contribution in [0.15, 0.2) is 33.9 Å². The van der Waals surface area contributed by atoms with Gasteiger partial charge in [-0.05, 0) is 42.0 Å². The number of rotatable bonds is 8. The summed E-state index contributed by atoms with van der Waals surface area (Å²) in [7, 11) is 0. The van der Waals surface area contributed by atoms with Crippen molar-refractivity contribution in [2.45, 2.75) is 45.8 Å². The first kappa shape index (κ1) is 21.2. The van der Waals surface area contributed by atoms with Gasteiger partial charge < -0.3 is 14.8 Å². The fourth-order valence-electron chi connectivity index (χ4n) is 3.10. The summed E-state index contributed by atoms with van der Waals surface area (Å²) in [5.74, 6) is -0.376. The Morgan fingerprint density at radius 2 is 2.17 bits per heavy atom. The number of nitrogens with zero attached hydrogens (tertiary/aromatic N) is 4. The summed E-state index contributed by atoms with van der Waals surface area (Å²) in [5.41, 5.74) is 0.994. The maximum atomic E-state index is 13.0. The summed E-state index contributed by atoms with van der Waals surface area (Å²) in [4.78, 5) is 12.9. The number of fused-ring (bicyclic) bond motifs is 1. The molecule has 11 heteroatoms. The molecule has 156 valence electrons. The van der Waals surface area contributed by atoms with Gasteiger partial charge in [-0.25, -0.2) is 4.79 Å².